The van der Waals surface area contributed by atoms with Crippen molar-refractivity contribution < 1.29 is 9.53 Å². The van der Waals surface area contributed by atoms with Crippen LogP contribution in [0.5, 0.6) is 5.75 Å². The molecular formula is C20H30N2O2. The summed E-state index contributed by atoms with van der Waals surface area (Å²) in [4.78, 5) is 17.6. The molecule has 0 radical (unpaired) electrons. The van der Waals surface area contributed by atoms with Gasteiger partial charge in [-0.05, 0) is 31.9 Å². The van der Waals surface area contributed by atoms with Crippen LogP contribution in [0.3, 0.4) is 0 Å². The van der Waals surface area contributed by atoms with E-state index in [2.05, 4.69) is 29.7 Å². The zero-order chi connectivity index (χ0) is 17.2. The highest BCUT2D eigenvalue weighted by Gasteiger charge is 2.40. The monoisotopic (exact) mass is 330 g/mol. The van der Waals surface area contributed by atoms with Gasteiger partial charge in [-0.2, -0.15) is 0 Å². The van der Waals surface area contributed by atoms with Crippen molar-refractivity contribution in [1.82, 2.24) is 4.90 Å². The van der Waals surface area contributed by atoms with E-state index >= 15 is 0 Å². The third kappa shape index (κ3) is 3.24. The number of rotatable bonds is 3. The number of piperazine rings is 1. The molecule has 0 bridgehead atoms. The van der Waals surface area contributed by atoms with Crippen molar-refractivity contribution in [2.24, 2.45) is 5.41 Å². The Hall–Kier alpha value is -1.71. The Morgan fingerprint density at radius 2 is 1.88 bits per heavy atom. The Labute approximate surface area is 145 Å². The molecule has 1 unspecified atom stereocenters. The Morgan fingerprint density at radius 3 is 2.54 bits per heavy atom. The number of nitrogens with zero attached hydrogens (tertiary/aromatic N) is 2. The summed E-state index contributed by atoms with van der Waals surface area (Å²) in [6.45, 7) is 6.88. The number of ether oxygens (including phenoxy) is 1. The number of amides is 1. The van der Waals surface area contributed by atoms with Crippen LogP contribution in [0, 0.1) is 5.41 Å². The number of carbonyl (C=O) groups excluding carboxylic acids is 1. The van der Waals surface area contributed by atoms with E-state index < -0.39 is 0 Å². The fraction of sp³-hybridized carbons (Fsp3) is 0.650. The van der Waals surface area contributed by atoms with Crippen molar-refractivity contribution in [2.75, 3.05) is 31.6 Å². The van der Waals surface area contributed by atoms with Crippen LogP contribution in [0.4, 0.5) is 5.69 Å². The van der Waals surface area contributed by atoms with Crippen LogP contribution in [0.2, 0.25) is 0 Å². The van der Waals surface area contributed by atoms with E-state index in [1.807, 2.05) is 18.2 Å². The molecule has 0 aromatic heterocycles. The maximum Gasteiger partial charge on any atom is 0.228 e. The summed E-state index contributed by atoms with van der Waals surface area (Å²) >= 11 is 0. The molecule has 3 rings (SSSR count). The summed E-state index contributed by atoms with van der Waals surface area (Å²) in [5.41, 5.74) is 0.988. The molecule has 4 nitrogen and oxygen atoms in total. The molecule has 132 valence electrons. The predicted octanol–water partition coefficient (Wildman–Crippen LogP) is 3.70. The number of para-hydroxylation sites is 2. The Morgan fingerprint density at radius 1 is 1.17 bits per heavy atom. The van der Waals surface area contributed by atoms with Crippen molar-refractivity contribution in [1.29, 1.82) is 0 Å². The third-order valence-corrected chi connectivity index (χ3v) is 5.79. The molecule has 1 saturated carbocycles. The van der Waals surface area contributed by atoms with Crippen LogP contribution in [0.25, 0.3) is 0 Å². The van der Waals surface area contributed by atoms with Crippen molar-refractivity contribution in [3.63, 3.8) is 0 Å². The molecule has 1 amide bonds. The molecule has 4 heteroatoms. The van der Waals surface area contributed by atoms with Crippen LogP contribution in [0.15, 0.2) is 24.3 Å². The minimum absolute atomic E-state index is 0.140. The highest BCUT2D eigenvalue weighted by atomic mass is 16.5. The van der Waals surface area contributed by atoms with Gasteiger partial charge in [0.15, 0.2) is 0 Å². The molecule has 24 heavy (non-hydrogen) atoms. The number of methoxy groups -OCH3 is 1. The maximum absolute atomic E-state index is 13.1. The molecule has 0 spiro atoms. The van der Waals surface area contributed by atoms with E-state index in [1.165, 1.54) is 19.3 Å². The standard InChI is InChI=1S/C20H30N2O2/c1-16-15-21(17-9-5-6-10-18(17)24-3)13-14-22(16)19(23)20(2)11-7-4-8-12-20/h5-6,9-10,16H,4,7-8,11-15H2,1-3H3. The van der Waals surface area contributed by atoms with Crippen LogP contribution in [-0.2, 0) is 4.79 Å². The van der Waals surface area contributed by atoms with Crippen molar-refractivity contribution in [3.8, 4) is 5.75 Å². The molecular weight excluding hydrogens is 300 g/mol. The summed E-state index contributed by atoms with van der Waals surface area (Å²) < 4.78 is 5.50. The number of benzene rings is 1. The summed E-state index contributed by atoms with van der Waals surface area (Å²) in [6.07, 6.45) is 5.76. The fourth-order valence-corrected chi connectivity index (χ4v) is 4.26. The third-order valence-electron chi connectivity index (χ3n) is 5.79. The van der Waals surface area contributed by atoms with Gasteiger partial charge in [-0.3, -0.25) is 4.79 Å². The van der Waals surface area contributed by atoms with E-state index in [0.29, 0.717) is 5.91 Å². The smallest absolute Gasteiger partial charge is 0.228 e. The highest BCUT2D eigenvalue weighted by Crippen LogP contribution is 2.38. The molecule has 1 atom stereocenters. The van der Waals surface area contributed by atoms with Crippen LogP contribution >= 0.6 is 0 Å². The first-order chi connectivity index (χ1) is 11.5. The second-order valence-electron chi connectivity index (χ2n) is 7.59. The summed E-state index contributed by atoms with van der Waals surface area (Å²) in [7, 11) is 1.71. The number of hydrogen-bond donors (Lipinski definition) is 0. The summed E-state index contributed by atoms with van der Waals surface area (Å²) in [5, 5.41) is 0. The second kappa shape index (κ2) is 7.04. The van der Waals surface area contributed by atoms with Gasteiger partial charge in [0.1, 0.15) is 5.75 Å². The van der Waals surface area contributed by atoms with E-state index in [0.717, 1.165) is 43.9 Å². The van der Waals surface area contributed by atoms with E-state index in [1.54, 1.807) is 7.11 Å². The van der Waals surface area contributed by atoms with Gasteiger partial charge < -0.3 is 14.5 Å². The lowest BCUT2D eigenvalue weighted by Crippen LogP contribution is -2.57. The van der Waals surface area contributed by atoms with Crippen molar-refractivity contribution in [3.05, 3.63) is 24.3 Å². The first-order valence-corrected chi connectivity index (χ1v) is 9.24. The summed E-state index contributed by atoms with van der Waals surface area (Å²) in [5.74, 6) is 1.28. The van der Waals surface area contributed by atoms with Gasteiger partial charge in [0, 0.05) is 31.1 Å². The molecule has 1 aliphatic heterocycles. The van der Waals surface area contributed by atoms with E-state index in [-0.39, 0.29) is 11.5 Å². The van der Waals surface area contributed by atoms with Gasteiger partial charge in [-0.1, -0.05) is 38.3 Å². The summed E-state index contributed by atoms with van der Waals surface area (Å²) in [6, 6.07) is 8.37. The minimum atomic E-state index is -0.140. The Kier molecular flexibility index (Phi) is 5.02. The number of anilines is 1. The quantitative estimate of drug-likeness (QED) is 0.847. The molecule has 2 aliphatic rings. The number of carbonyl (C=O) groups is 1. The van der Waals surface area contributed by atoms with Gasteiger partial charge in [-0.15, -0.1) is 0 Å². The second-order valence-corrected chi connectivity index (χ2v) is 7.59. The largest absolute Gasteiger partial charge is 0.495 e. The predicted molar refractivity (Wildman–Crippen MR) is 97.6 cm³/mol. The Balaban J connectivity index is 1.70. The fourth-order valence-electron chi connectivity index (χ4n) is 4.26. The van der Waals surface area contributed by atoms with Gasteiger partial charge in [0.05, 0.1) is 12.8 Å². The molecule has 1 aromatic carbocycles. The lowest BCUT2D eigenvalue weighted by Gasteiger charge is -2.45. The Bertz CT molecular complexity index is 581. The van der Waals surface area contributed by atoms with Crippen LogP contribution < -0.4 is 9.64 Å². The maximum atomic E-state index is 13.1. The molecule has 0 N–H and O–H groups in total. The average molecular weight is 330 g/mol. The van der Waals surface area contributed by atoms with Gasteiger partial charge in [0.25, 0.3) is 0 Å². The molecule has 2 fully saturated rings. The van der Waals surface area contributed by atoms with Crippen molar-refractivity contribution >= 4 is 11.6 Å². The average Bonchev–Trinajstić information content (AvgIpc) is 2.61. The zero-order valence-corrected chi connectivity index (χ0v) is 15.3. The number of hydrogen-bond acceptors (Lipinski definition) is 3. The lowest BCUT2D eigenvalue weighted by molar-refractivity contribution is -0.145. The van der Waals surface area contributed by atoms with Gasteiger partial charge in [0.2, 0.25) is 5.91 Å². The molecule has 1 aliphatic carbocycles. The molecule has 1 aromatic rings. The topological polar surface area (TPSA) is 32.8 Å². The zero-order valence-electron chi connectivity index (χ0n) is 15.3. The van der Waals surface area contributed by atoms with E-state index in [4.69, 9.17) is 4.74 Å². The van der Waals surface area contributed by atoms with Gasteiger partial charge in [-0.25, -0.2) is 0 Å². The minimum Gasteiger partial charge on any atom is -0.495 e. The first-order valence-electron chi connectivity index (χ1n) is 9.24. The molecule has 1 heterocycles. The van der Waals surface area contributed by atoms with Gasteiger partial charge >= 0.3 is 0 Å². The molecule has 1 saturated heterocycles. The van der Waals surface area contributed by atoms with Crippen LogP contribution in [-0.4, -0.2) is 43.6 Å². The first kappa shape index (κ1) is 17.1. The van der Waals surface area contributed by atoms with Crippen LogP contribution in [0.1, 0.15) is 46.0 Å². The normalized spacial score (nSPS) is 23.9. The van der Waals surface area contributed by atoms with E-state index in [9.17, 15) is 4.79 Å². The van der Waals surface area contributed by atoms with Crippen molar-refractivity contribution in [2.45, 2.75) is 52.0 Å². The SMILES string of the molecule is COc1ccccc1N1CCN(C(=O)C2(C)CCCCC2)C(C)C1. The highest BCUT2D eigenvalue weighted by molar-refractivity contribution is 5.83. The lowest BCUT2D eigenvalue weighted by atomic mass is 9.74.